The fraction of sp³-hybridized carbons (Fsp3) is 0.0833. The lowest BCUT2D eigenvalue weighted by Crippen LogP contribution is -2.18. The van der Waals surface area contributed by atoms with Gasteiger partial charge in [-0.3, -0.25) is 4.79 Å². The second-order valence-corrected chi connectivity index (χ2v) is 6.71. The summed E-state index contributed by atoms with van der Waals surface area (Å²) in [5.74, 6) is 0.842. The first-order chi connectivity index (χ1) is 13.7. The molecule has 2 heterocycles. The number of benzene rings is 3. The molecule has 136 valence electrons. The predicted octanol–water partition coefficient (Wildman–Crippen LogP) is 5.15. The molecule has 0 N–H and O–H groups in total. The molecule has 4 heteroatoms. The van der Waals surface area contributed by atoms with E-state index in [0.717, 1.165) is 27.2 Å². The molecule has 0 saturated heterocycles. The zero-order chi connectivity index (χ0) is 19.1. The van der Waals surface area contributed by atoms with Gasteiger partial charge in [0.05, 0.1) is 23.9 Å². The van der Waals surface area contributed by atoms with Crippen molar-refractivity contribution in [3.8, 4) is 5.75 Å². The minimum Gasteiger partial charge on any atom is -0.496 e. The van der Waals surface area contributed by atoms with Crippen LogP contribution in [0.5, 0.6) is 5.75 Å². The summed E-state index contributed by atoms with van der Waals surface area (Å²) in [5, 5.41) is 3.15. The molecule has 1 aliphatic heterocycles. The highest BCUT2D eigenvalue weighted by atomic mass is 16.5. The molecule has 1 aliphatic rings. The summed E-state index contributed by atoms with van der Waals surface area (Å²) in [6.07, 6.45) is 1.73. The Hall–Kier alpha value is -3.66. The summed E-state index contributed by atoms with van der Waals surface area (Å²) in [7, 11) is 1.61. The summed E-state index contributed by atoms with van der Waals surface area (Å²) in [4.78, 5) is 17.8. The van der Waals surface area contributed by atoms with Gasteiger partial charge in [-0.2, -0.15) is 0 Å². The van der Waals surface area contributed by atoms with Gasteiger partial charge in [-0.05, 0) is 23.6 Å². The van der Waals surface area contributed by atoms with Gasteiger partial charge in [-0.25, -0.2) is 4.98 Å². The van der Waals surface area contributed by atoms with Gasteiger partial charge in [0.25, 0.3) is 0 Å². The summed E-state index contributed by atoms with van der Waals surface area (Å²) >= 11 is 0. The number of carbonyl (C=O) groups excluding carboxylic acids is 1. The molecule has 1 aromatic heterocycles. The van der Waals surface area contributed by atoms with Gasteiger partial charge in [-0.15, -0.1) is 0 Å². The molecule has 0 saturated carbocycles. The summed E-state index contributed by atoms with van der Waals surface area (Å²) in [6, 6.07) is 21.6. The number of hydrogen-bond acceptors (Lipinski definition) is 4. The van der Waals surface area contributed by atoms with Gasteiger partial charge in [0, 0.05) is 16.3 Å². The van der Waals surface area contributed by atoms with Crippen molar-refractivity contribution in [2.45, 2.75) is 6.61 Å². The number of methoxy groups -OCH3 is 1. The highest BCUT2D eigenvalue weighted by Gasteiger charge is 2.26. The van der Waals surface area contributed by atoms with Crippen LogP contribution in [-0.2, 0) is 11.3 Å². The number of carbonyl (C=O) groups is 1. The number of para-hydroxylation sites is 1. The summed E-state index contributed by atoms with van der Waals surface area (Å²) < 4.78 is 11.1. The van der Waals surface area contributed by atoms with E-state index in [1.54, 1.807) is 13.2 Å². The van der Waals surface area contributed by atoms with Crippen LogP contribution in [0.25, 0.3) is 27.8 Å². The van der Waals surface area contributed by atoms with Gasteiger partial charge in [0.2, 0.25) is 5.78 Å². The van der Waals surface area contributed by atoms with E-state index >= 15 is 0 Å². The van der Waals surface area contributed by atoms with Gasteiger partial charge in [-0.1, -0.05) is 54.6 Å². The van der Waals surface area contributed by atoms with Crippen LogP contribution in [0.15, 0.2) is 72.5 Å². The predicted molar refractivity (Wildman–Crippen MR) is 109 cm³/mol. The fourth-order valence-electron chi connectivity index (χ4n) is 3.63. The van der Waals surface area contributed by atoms with Crippen molar-refractivity contribution in [2.24, 2.45) is 0 Å². The first kappa shape index (κ1) is 16.5. The Morgan fingerprint density at radius 2 is 1.79 bits per heavy atom. The van der Waals surface area contributed by atoms with Crippen LogP contribution in [-0.4, -0.2) is 17.9 Å². The molecule has 4 aromatic rings. The Kier molecular flexibility index (Phi) is 3.83. The molecule has 28 heavy (non-hydrogen) atoms. The highest BCUT2D eigenvalue weighted by molar-refractivity contribution is 6.14. The Morgan fingerprint density at radius 3 is 2.68 bits per heavy atom. The minimum absolute atomic E-state index is 0.158. The molecular formula is C24H17NO3. The standard InChI is InChI=1S/C24H17NO3/c1-27-21-9-5-3-7-16(21)13-22-24(26)19-12-17-11-10-15-6-2-4-8-18(15)23(17)25-20(19)14-28-22/h2-13H,14H2,1H3/b22-13-. The molecule has 0 fully saturated rings. The van der Waals surface area contributed by atoms with Crippen molar-refractivity contribution in [3.63, 3.8) is 0 Å². The average Bonchev–Trinajstić information content (AvgIpc) is 2.75. The lowest BCUT2D eigenvalue weighted by atomic mass is 9.99. The van der Waals surface area contributed by atoms with Crippen LogP contribution in [0.3, 0.4) is 0 Å². The summed E-state index contributed by atoms with van der Waals surface area (Å²) in [5.41, 5.74) is 2.96. The number of pyridine rings is 1. The molecule has 3 aromatic carbocycles. The third-order valence-corrected chi connectivity index (χ3v) is 5.05. The van der Waals surface area contributed by atoms with Crippen molar-refractivity contribution in [3.05, 3.63) is 89.3 Å². The number of ketones is 1. The van der Waals surface area contributed by atoms with Crippen LogP contribution in [0.2, 0.25) is 0 Å². The number of allylic oxidation sites excluding steroid dienone is 1. The number of rotatable bonds is 2. The molecule has 0 bridgehead atoms. The molecule has 0 unspecified atom stereocenters. The molecule has 5 rings (SSSR count). The molecule has 0 atom stereocenters. The SMILES string of the molecule is COc1ccccc1/C=C1\OCc2nc3c(ccc4ccccc43)cc2C1=O. The van der Waals surface area contributed by atoms with Crippen molar-refractivity contribution >= 4 is 33.5 Å². The number of aromatic nitrogens is 1. The second-order valence-electron chi connectivity index (χ2n) is 6.71. The van der Waals surface area contributed by atoms with Crippen LogP contribution >= 0.6 is 0 Å². The number of nitrogens with zero attached hydrogens (tertiary/aromatic N) is 1. The highest BCUT2D eigenvalue weighted by Crippen LogP contribution is 2.31. The second kappa shape index (κ2) is 6.50. The number of ether oxygens (including phenoxy) is 2. The van der Waals surface area contributed by atoms with Gasteiger partial charge < -0.3 is 9.47 Å². The average molecular weight is 367 g/mol. The Bertz CT molecular complexity index is 1270. The van der Waals surface area contributed by atoms with E-state index in [-0.39, 0.29) is 12.4 Å². The third kappa shape index (κ3) is 2.62. The molecule has 0 spiro atoms. The zero-order valence-corrected chi connectivity index (χ0v) is 15.3. The van der Waals surface area contributed by atoms with E-state index in [1.165, 1.54) is 0 Å². The molecule has 4 nitrogen and oxygen atoms in total. The van der Waals surface area contributed by atoms with Crippen molar-refractivity contribution in [1.29, 1.82) is 0 Å². The monoisotopic (exact) mass is 367 g/mol. The van der Waals surface area contributed by atoms with E-state index in [4.69, 9.17) is 14.5 Å². The van der Waals surface area contributed by atoms with Gasteiger partial charge >= 0.3 is 0 Å². The number of fused-ring (bicyclic) bond motifs is 4. The van der Waals surface area contributed by atoms with E-state index < -0.39 is 0 Å². The fourth-order valence-corrected chi connectivity index (χ4v) is 3.63. The van der Waals surface area contributed by atoms with Crippen molar-refractivity contribution < 1.29 is 14.3 Å². The first-order valence-corrected chi connectivity index (χ1v) is 9.08. The first-order valence-electron chi connectivity index (χ1n) is 9.08. The van der Waals surface area contributed by atoms with Crippen molar-refractivity contribution in [1.82, 2.24) is 4.98 Å². The van der Waals surface area contributed by atoms with Crippen LogP contribution in [0.4, 0.5) is 0 Å². The quantitative estimate of drug-likeness (QED) is 0.363. The topological polar surface area (TPSA) is 48.4 Å². The van der Waals surface area contributed by atoms with Gasteiger partial charge in [0.1, 0.15) is 12.4 Å². The lowest BCUT2D eigenvalue weighted by Gasteiger charge is -2.19. The van der Waals surface area contributed by atoms with Crippen LogP contribution < -0.4 is 4.74 Å². The molecule has 0 radical (unpaired) electrons. The Labute approximate surface area is 162 Å². The minimum atomic E-state index is -0.158. The molecule has 0 aliphatic carbocycles. The Balaban J connectivity index is 1.63. The van der Waals surface area contributed by atoms with Crippen LogP contribution in [0, 0.1) is 0 Å². The maximum Gasteiger partial charge on any atom is 0.229 e. The van der Waals surface area contributed by atoms with E-state index in [9.17, 15) is 4.79 Å². The maximum absolute atomic E-state index is 13.1. The van der Waals surface area contributed by atoms with Crippen molar-refractivity contribution in [2.75, 3.05) is 7.11 Å². The van der Waals surface area contributed by atoms with Crippen LogP contribution in [0.1, 0.15) is 21.6 Å². The number of hydrogen-bond donors (Lipinski definition) is 0. The lowest BCUT2D eigenvalue weighted by molar-refractivity contribution is 0.0866. The largest absolute Gasteiger partial charge is 0.496 e. The molecular weight excluding hydrogens is 350 g/mol. The Morgan fingerprint density at radius 1 is 1.00 bits per heavy atom. The third-order valence-electron chi connectivity index (χ3n) is 5.05. The zero-order valence-electron chi connectivity index (χ0n) is 15.3. The maximum atomic E-state index is 13.1. The van der Waals surface area contributed by atoms with E-state index in [0.29, 0.717) is 22.8 Å². The summed E-state index contributed by atoms with van der Waals surface area (Å²) in [6.45, 7) is 0.265. The molecule has 0 amide bonds. The number of Topliss-reactive ketones (excluding diaryl/α,β-unsaturated/α-hetero) is 1. The normalized spacial score (nSPS) is 14.9. The smallest absolute Gasteiger partial charge is 0.229 e. The van der Waals surface area contributed by atoms with E-state index in [1.807, 2.05) is 48.5 Å². The van der Waals surface area contributed by atoms with Gasteiger partial charge in [0.15, 0.2) is 5.76 Å². The van der Waals surface area contributed by atoms with E-state index in [2.05, 4.69) is 18.2 Å².